The summed E-state index contributed by atoms with van der Waals surface area (Å²) in [6.45, 7) is 1.70. The number of hydrogen-bond donors (Lipinski definition) is 3. The van der Waals surface area contributed by atoms with Crippen LogP contribution in [-0.2, 0) is 11.3 Å². The van der Waals surface area contributed by atoms with Gasteiger partial charge in [0.2, 0.25) is 11.7 Å². The Hall–Kier alpha value is -2.92. The van der Waals surface area contributed by atoms with Gasteiger partial charge in [-0.2, -0.15) is 4.39 Å². The molecule has 34 heavy (non-hydrogen) atoms. The number of nitrogens with two attached hydrogens (primary N) is 1. The second-order valence-corrected chi connectivity index (χ2v) is 8.96. The Balaban J connectivity index is 1.41. The van der Waals surface area contributed by atoms with Gasteiger partial charge in [0.15, 0.2) is 11.6 Å². The molecule has 1 aliphatic heterocycles. The molecule has 184 valence electrons. The first-order valence-corrected chi connectivity index (χ1v) is 11.4. The molecular weight excluding hydrogens is 449 g/mol. The van der Waals surface area contributed by atoms with Crippen molar-refractivity contribution in [3.8, 4) is 0 Å². The smallest absolute Gasteiger partial charge is 0.263 e. The number of rotatable bonds is 10. The Bertz CT molecular complexity index is 989. The molecule has 1 aliphatic carbocycles. The number of aromatic nitrogens is 2. The molecule has 2 aromatic rings. The minimum absolute atomic E-state index is 0.0514. The number of hydrogen-bond acceptors (Lipinski definition) is 7. The maximum Gasteiger partial charge on any atom is 0.263 e. The lowest BCUT2D eigenvalue weighted by Gasteiger charge is -2.35. The van der Waals surface area contributed by atoms with Crippen molar-refractivity contribution in [3.05, 3.63) is 47.5 Å². The molecule has 2 heterocycles. The van der Waals surface area contributed by atoms with Gasteiger partial charge in [0.05, 0.1) is 12.6 Å². The van der Waals surface area contributed by atoms with Gasteiger partial charge in [-0.15, -0.1) is 0 Å². The van der Waals surface area contributed by atoms with Gasteiger partial charge in [0, 0.05) is 37.2 Å². The molecule has 1 aromatic heterocycles. The lowest BCUT2D eigenvalue weighted by Crippen LogP contribution is -2.48. The third-order valence-electron chi connectivity index (χ3n) is 6.33. The van der Waals surface area contributed by atoms with Crippen LogP contribution >= 0.6 is 0 Å². The number of alkyl halides is 2. The number of amides is 1. The van der Waals surface area contributed by atoms with Gasteiger partial charge >= 0.3 is 0 Å². The third kappa shape index (κ3) is 5.95. The highest BCUT2D eigenvalue weighted by Gasteiger charge is 2.33. The second-order valence-electron chi connectivity index (χ2n) is 8.96. The van der Waals surface area contributed by atoms with E-state index in [-0.39, 0.29) is 35.7 Å². The highest BCUT2D eigenvalue weighted by atomic mass is 19.3. The predicted octanol–water partition coefficient (Wildman–Crippen LogP) is 2.30. The fourth-order valence-electron chi connectivity index (χ4n) is 4.29. The summed E-state index contributed by atoms with van der Waals surface area (Å²) in [5.41, 5.74) is 5.96. The Morgan fingerprint density at radius 3 is 2.59 bits per heavy atom. The van der Waals surface area contributed by atoms with Gasteiger partial charge in [-0.3, -0.25) is 9.69 Å². The van der Waals surface area contributed by atoms with Crippen LogP contribution in [0.1, 0.15) is 36.8 Å². The van der Waals surface area contributed by atoms with E-state index in [1.54, 1.807) is 17.0 Å². The highest BCUT2D eigenvalue weighted by Crippen LogP contribution is 2.35. The van der Waals surface area contributed by atoms with Gasteiger partial charge in [-0.1, -0.05) is 24.3 Å². The number of aliphatic hydroxyl groups excluding tert-OH is 1. The largest absolute Gasteiger partial charge is 0.391 e. The first-order valence-electron chi connectivity index (χ1n) is 11.4. The van der Waals surface area contributed by atoms with Crippen LogP contribution in [0.25, 0.3) is 0 Å². The van der Waals surface area contributed by atoms with Crippen LogP contribution in [0, 0.1) is 11.7 Å². The average Bonchev–Trinajstić information content (AvgIpc) is 3.63. The van der Waals surface area contributed by atoms with Crippen LogP contribution in [0.5, 0.6) is 0 Å². The summed E-state index contributed by atoms with van der Waals surface area (Å²) in [4.78, 5) is 23.0. The number of piperidine rings is 1. The first-order chi connectivity index (χ1) is 16.3. The van der Waals surface area contributed by atoms with Gasteiger partial charge in [-0.05, 0) is 31.4 Å². The third-order valence-corrected chi connectivity index (χ3v) is 6.33. The molecule has 4 rings (SSSR count). The number of anilines is 2. The molecule has 0 unspecified atom stereocenters. The number of primary amides is 1. The van der Waals surface area contributed by atoms with Crippen LogP contribution < -0.4 is 16.0 Å². The van der Waals surface area contributed by atoms with Gasteiger partial charge in [0.25, 0.3) is 6.43 Å². The van der Waals surface area contributed by atoms with Crippen LogP contribution in [0.3, 0.4) is 0 Å². The molecule has 4 N–H and O–H groups in total. The van der Waals surface area contributed by atoms with E-state index >= 15 is 4.39 Å². The zero-order valence-corrected chi connectivity index (χ0v) is 18.7. The van der Waals surface area contributed by atoms with Gasteiger partial charge in [0.1, 0.15) is 6.33 Å². The number of nitrogens with zero attached hydrogens (tertiary/aromatic N) is 4. The van der Waals surface area contributed by atoms with Crippen molar-refractivity contribution in [1.29, 1.82) is 0 Å². The van der Waals surface area contributed by atoms with E-state index in [1.807, 2.05) is 4.90 Å². The minimum Gasteiger partial charge on any atom is -0.391 e. The Morgan fingerprint density at radius 1 is 1.24 bits per heavy atom. The Kier molecular flexibility index (Phi) is 7.52. The minimum atomic E-state index is -2.53. The molecule has 1 aromatic carbocycles. The topological polar surface area (TPSA) is 108 Å². The second kappa shape index (κ2) is 10.6. The van der Waals surface area contributed by atoms with Crippen molar-refractivity contribution in [2.75, 3.05) is 36.4 Å². The lowest BCUT2D eigenvalue weighted by atomic mass is 9.93. The zero-order chi connectivity index (χ0) is 24.2. The maximum atomic E-state index is 15.4. The fourth-order valence-corrected chi connectivity index (χ4v) is 4.29. The van der Waals surface area contributed by atoms with Crippen molar-refractivity contribution in [3.63, 3.8) is 0 Å². The van der Waals surface area contributed by atoms with E-state index in [4.69, 9.17) is 5.73 Å². The van der Waals surface area contributed by atoms with Crippen molar-refractivity contribution >= 4 is 17.5 Å². The summed E-state index contributed by atoms with van der Waals surface area (Å²) in [6.07, 6.45) is 0.514. The number of carbonyl (C=O) groups is 1. The Morgan fingerprint density at radius 2 is 1.97 bits per heavy atom. The van der Waals surface area contributed by atoms with Crippen LogP contribution in [0.4, 0.5) is 24.8 Å². The summed E-state index contributed by atoms with van der Waals surface area (Å²) in [5, 5.41) is 13.4. The number of halogens is 3. The molecule has 1 saturated carbocycles. The van der Waals surface area contributed by atoms with E-state index in [0.717, 1.165) is 18.4 Å². The molecule has 0 bridgehead atoms. The summed E-state index contributed by atoms with van der Waals surface area (Å²) in [5.74, 6) is -0.941. The normalized spacial score (nSPS) is 21.0. The van der Waals surface area contributed by atoms with E-state index in [1.165, 1.54) is 18.5 Å². The highest BCUT2D eigenvalue weighted by molar-refractivity contribution is 5.75. The van der Waals surface area contributed by atoms with Gasteiger partial charge in [-0.25, -0.2) is 18.7 Å². The number of carbonyl (C=O) groups excluding carboxylic acids is 1. The van der Waals surface area contributed by atoms with Crippen LogP contribution in [0.15, 0.2) is 30.6 Å². The van der Waals surface area contributed by atoms with E-state index in [0.29, 0.717) is 32.6 Å². The summed E-state index contributed by atoms with van der Waals surface area (Å²) in [6, 6.07) is 6.15. The van der Waals surface area contributed by atoms with Crippen molar-refractivity contribution in [2.24, 2.45) is 11.7 Å². The quantitative estimate of drug-likeness (QED) is 0.481. The summed E-state index contributed by atoms with van der Waals surface area (Å²) >= 11 is 0. The average molecular weight is 479 g/mol. The molecule has 8 nitrogen and oxygen atoms in total. The zero-order valence-electron chi connectivity index (χ0n) is 18.7. The van der Waals surface area contributed by atoms with Crippen LogP contribution in [-0.4, -0.2) is 64.2 Å². The molecule has 0 spiro atoms. The molecule has 11 heteroatoms. The molecule has 2 atom stereocenters. The lowest BCUT2D eigenvalue weighted by molar-refractivity contribution is -0.120. The van der Waals surface area contributed by atoms with Crippen molar-refractivity contribution in [1.82, 2.24) is 14.9 Å². The molecule has 1 amide bonds. The predicted molar refractivity (Wildman–Crippen MR) is 121 cm³/mol. The van der Waals surface area contributed by atoms with E-state index < -0.39 is 24.3 Å². The van der Waals surface area contributed by atoms with Crippen molar-refractivity contribution < 1.29 is 23.1 Å². The number of aliphatic hydroxyl groups is 1. The van der Waals surface area contributed by atoms with E-state index in [9.17, 15) is 18.7 Å². The number of β-amino-alcohol motifs (C(OH)–C–C–N with tert-alkyl or cyclic N) is 1. The molecule has 0 radical (unpaired) electrons. The first kappa shape index (κ1) is 24.2. The summed E-state index contributed by atoms with van der Waals surface area (Å²) < 4.78 is 41.1. The van der Waals surface area contributed by atoms with Crippen molar-refractivity contribution in [2.45, 2.75) is 44.4 Å². The maximum absolute atomic E-state index is 15.4. The molecule has 2 fully saturated rings. The fraction of sp³-hybridized carbons (Fsp3) is 0.522. The monoisotopic (exact) mass is 478 g/mol. The number of likely N-dealkylation sites (tertiary alicyclic amines) is 1. The molecule has 1 saturated heterocycles. The molecule has 2 aliphatic rings. The summed E-state index contributed by atoms with van der Waals surface area (Å²) in [7, 11) is 0. The standard InChI is InChI=1S/C23H29F3N6O2/c24-20-22(28-9-16-7-8-31(11-18(16)33)12-19(27)34)29-13-30-23(20)32(17-5-6-17)10-14-1-3-15(4-2-14)21(25)26/h1-4,13,16-18,21,33H,5-12H2,(H2,27,34)(H,28,29,30)/t16-,18+/m0/s1. The number of benzene rings is 1. The van der Waals surface area contributed by atoms with Crippen LogP contribution in [0.2, 0.25) is 0 Å². The Labute approximate surface area is 196 Å². The number of nitrogens with one attached hydrogen (secondary N) is 1. The molecular formula is C23H29F3N6O2. The van der Waals surface area contributed by atoms with Gasteiger partial charge < -0.3 is 21.1 Å². The SMILES string of the molecule is NC(=O)CN1CC[C@@H](CNc2ncnc(N(Cc3ccc(C(F)F)cc3)C3CC3)c2F)[C@H](O)C1. The van der Waals surface area contributed by atoms with E-state index in [2.05, 4.69) is 15.3 Å².